The number of hydrogen-bond donors (Lipinski definition) is 0. The lowest BCUT2D eigenvalue weighted by atomic mass is 10.2. The van der Waals surface area contributed by atoms with Gasteiger partial charge in [0.05, 0.1) is 11.7 Å². The first-order valence-corrected chi connectivity index (χ1v) is 7.06. The third-order valence-corrected chi connectivity index (χ3v) is 3.63. The van der Waals surface area contributed by atoms with E-state index in [0.717, 1.165) is 17.7 Å². The van der Waals surface area contributed by atoms with Crippen LogP contribution in [0.4, 0.5) is 4.79 Å². The van der Waals surface area contributed by atoms with Gasteiger partial charge < -0.3 is 9.64 Å². The van der Waals surface area contributed by atoms with Crippen molar-refractivity contribution in [2.45, 2.75) is 26.0 Å². The van der Waals surface area contributed by atoms with Crippen LogP contribution >= 0.6 is 0 Å². The van der Waals surface area contributed by atoms with Gasteiger partial charge in [0.1, 0.15) is 6.61 Å². The maximum Gasteiger partial charge on any atom is 0.410 e. The lowest BCUT2D eigenvalue weighted by Gasteiger charge is -2.16. The number of aryl methyl sites for hydroxylation is 1. The fourth-order valence-electron chi connectivity index (χ4n) is 2.48. The van der Waals surface area contributed by atoms with Crippen LogP contribution in [0.15, 0.2) is 36.5 Å². The highest BCUT2D eigenvalue weighted by molar-refractivity contribution is 5.68. The Balaban J connectivity index is 1.52. The van der Waals surface area contributed by atoms with E-state index in [4.69, 9.17) is 4.74 Å². The summed E-state index contributed by atoms with van der Waals surface area (Å²) in [5.74, 6) is 0. The molecule has 0 aliphatic carbocycles. The van der Waals surface area contributed by atoms with E-state index in [1.165, 1.54) is 0 Å². The SMILES string of the molecule is Cc1cn(C2CCN(C(=O)OCc3ccccc3)C2)nn1. The number of carbonyl (C=O) groups excluding carboxylic acids is 1. The summed E-state index contributed by atoms with van der Waals surface area (Å²) in [6.07, 6.45) is 2.52. The van der Waals surface area contributed by atoms with E-state index < -0.39 is 0 Å². The fraction of sp³-hybridized carbons (Fsp3) is 0.400. The molecule has 0 spiro atoms. The van der Waals surface area contributed by atoms with Crippen molar-refractivity contribution in [1.82, 2.24) is 19.9 Å². The minimum absolute atomic E-state index is 0.190. The summed E-state index contributed by atoms with van der Waals surface area (Å²) in [5, 5.41) is 8.06. The van der Waals surface area contributed by atoms with Crippen molar-refractivity contribution >= 4 is 6.09 Å². The van der Waals surface area contributed by atoms with E-state index in [-0.39, 0.29) is 12.1 Å². The number of amides is 1. The van der Waals surface area contributed by atoms with Gasteiger partial charge in [0.25, 0.3) is 0 Å². The lowest BCUT2D eigenvalue weighted by Crippen LogP contribution is -2.29. The first-order valence-electron chi connectivity index (χ1n) is 7.06. The Kier molecular flexibility index (Phi) is 3.85. The molecule has 2 heterocycles. The molecule has 1 aromatic carbocycles. The van der Waals surface area contributed by atoms with Gasteiger partial charge in [0, 0.05) is 19.3 Å². The molecule has 0 bridgehead atoms. The summed E-state index contributed by atoms with van der Waals surface area (Å²) < 4.78 is 7.18. The van der Waals surface area contributed by atoms with E-state index in [1.54, 1.807) is 4.90 Å². The van der Waals surface area contributed by atoms with Gasteiger partial charge in [0.2, 0.25) is 0 Å². The molecule has 3 rings (SSSR count). The number of hydrogen-bond acceptors (Lipinski definition) is 4. The summed E-state index contributed by atoms with van der Waals surface area (Å²) >= 11 is 0. The van der Waals surface area contributed by atoms with Crippen LogP contribution in [0.2, 0.25) is 0 Å². The molecule has 110 valence electrons. The molecule has 0 N–H and O–H groups in total. The Hall–Kier alpha value is -2.37. The minimum Gasteiger partial charge on any atom is -0.445 e. The molecular weight excluding hydrogens is 268 g/mol. The molecule has 1 unspecified atom stereocenters. The Morgan fingerprint density at radius 3 is 2.90 bits per heavy atom. The van der Waals surface area contributed by atoms with Gasteiger partial charge >= 0.3 is 6.09 Å². The zero-order valence-electron chi connectivity index (χ0n) is 12.0. The lowest BCUT2D eigenvalue weighted by molar-refractivity contribution is 0.103. The highest BCUT2D eigenvalue weighted by Crippen LogP contribution is 2.21. The molecule has 6 nitrogen and oxygen atoms in total. The quantitative estimate of drug-likeness (QED) is 0.867. The Morgan fingerprint density at radius 2 is 2.19 bits per heavy atom. The van der Waals surface area contributed by atoms with Crippen molar-refractivity contribution in [3.8, 4) is 0 Å². The van der Waals surface area contributed by atoms with Crippen molar-refractivity contribution in [2.75, 3.05) is 13.1 Å². The molecule has 2 aromatic rings. The molecule has 1 aliphatic heterocycles. The number of nitrogens with zero attached hydrogens (tertiary/aromatic N) is 4. The molecule has 1 fully saturated rings. The van der Waals surface area contributed by atoms with Crippen LogP contribution < -0.4 is 0 Å². The zero-order chi connectivity index (χ0) is 14.7. The summed E-state index contributed by atoms with van der Waals surface area (Å²) in [6.45, 7) is 3.53. The Morgan fingerprint density at radius 1 is 1.38 bits per heavy atom. The molecule has 1 amide bonds. The van der Waals surface area contributed by atoms with Gasteiger partial charge in [-0.3, -0.25) is 0 Å². The molecule has 1 aliphatic rings. The van der Waals surface area contributed by atoms with E-state index in [9.17, 15) is 4.79 Å². The predicted molar refractivity (Wildman–Crippen MR) is 76.6 cm³/mol. The fourth-order valence-corrected chi connectivity index (χ4v) is 2.48. The van der Waals surface area contributed by atoms with E-state index in [1.807, 2.05) is 48.1 Å². The number of aromatic nitrogens is 3. The molecule has 1 atom stereocenters. The van der Waals surface area contributed by atoms with Gasteiger partial charge in [0.15, 0.2) is 0 Å². The Labute approximate surface area is 123 Å². The van der Waals surface area contributed by atoms with E-state index in [2.05, 4.69) is 10.3 Å². The van der Waals surface area contributed by atoms with Crippen molar-refractivity contribution in [1.29, 1.82) is 0 Å². The highest BCUT2D eigenvalue weighted by atomic mass is 16.6. The highest BCUT2D eigenvalue weighted by Gasteiger charge is 2.29. The number of rotatable bonds is 3. The summed E-state index contributed by atoms with van der Waals surface area (Å²) in [7, 11) is 0. The second kappa shape index (κ2) is 5.95. The van der Waals surface area contributed by atoms with Crippen LogP contribution in [0.3, 0.4) is 0 Å². The van der Waals surface area contributed by atoms with Gasteiger partial charge in [-0.15, -0.1) is 5.10 Å². The van der Waals surface area contributed by atoms with Crippen LogP contribution in [0.1, 0.15) is 23.7 Å². The van der Waals surface area contributed by atoms with Crippen LogP contribution in [0, 0.1) is 6.92 Å². The van der Waals surface area contributed by atoms with Crippen LogP contribution in [-0.2, 0) is 11.3 Å². The second-order valence-electron chi connectivity index (χ2n) is 5.27. The number of ether oxygens (including phenoxy) is 1. The second-order valence-corrected chi connectivity index (χ2v) is 5.27. The molecule has 6 heteroatoms. The average Bonchev–Trinajstić information content (AvgIpc) is 3.14. The number of likely N-dealkylation sites (tertiary alicyclic amines) is 1. The van der Waals surface area contributed by atoms with E-state index >= 15 is 0 Å². The van der Waals surface area contributed by atoms with Gasteiger partial charge in [-0.2, -0.15) is 0 Å². The number of benzene rings is 1. The molecule has 1 saturated heterocycles. The summed E-state index contributed by atoms with van der Waals surface area (Å²) in [4.78, 5) is 13.8. The Bertz CT molecular complexity index is 611. The van der Waals surface area contributed by atoms with Crippen molar-refractivity contribution in [2.24, 2.45) is 0 Å². The van der Waals surface area contributed by atoms with Crippen LogP contribution in [0.25, 0.3) is 0 Å². The zero-order valence-corrected chi connectivity index (χ0v) is 12.0. The number of carbonyl (C=O) groups is 1. The van der Waals surface area contributed by atoms with Gasteiger partial charge in [-0.25, -0.2) is 9.48 Å². The smallest absolute Gasteiger partial charge is 0.410 e. The summed E-state index contributed by atoms with van der Waals surface area (Å²) in [5.41, 5.74) is 1.88. The van der Waals surface area contributed by atoms with Crippen molar-refractivity contribution in [3.63, 3.8) is 0 Å². The molecular formula is C15H18N4O2. The van der Waals surface area contributed by atoms with Crippen LogP contribution in [0.5, 0.6) is 0 Å². The normalized spacial score (nSPS) is 18.0. The maximum atomic E-state index is 12.1. The summed E-state index contributed by atoms with van der Waals surface area (Å²) in [6, 6.07) is 9.88. The minimum atomic E-state index is -0.266. The first-order chi connectivity index (χ1) is 10.2. The topological polar surface area (TPSA) is 60.2 Å². The molecule has 21 heavy (non-hydrogen) atoms. The molecule has 0 saturated carbocycles. The average molecular weight is 286 g/mol. The molecule has 0 radical (unpaired) electrons. The van der Waals surface area contributed by atoms with Gasteiger partial charge in [-0.1, -0.05) is 35.5 Å². The first kappa shape index (κ1) is 13.6. The maximum absolute atomic E-state index is 12.1. The van der Waals surface area contributed by atoms with Gasteiger partial charge in [-0.05, 0) is 18.9 Å². The third kappa shape index (κ3) is 3.21. The monoisotopic (exact) mass is 286 g/mol. The molecule has 1 aromatic heterocycles. The van der Waals surface area contributed by atoms with Crippen molar-refractivity contribution < 1.29 is 9.53 Å². The van der Waals surface area contributed by atoms with E-state index in [0.29, 0.717) is 19.7 Å². The van der Waals surface area contributed by atoms with Crippen LogP contribution in [-0.4, -0.2) is 39.1 Å². The largest absolute Gasteiger partial charge is 0.445 e. The standard InChI is InChI=1S/C15H18N4O2/c1-12-9-19(17-16-12)14-7-8-18(10-14)15(20)21-11-13-5-3-2-4-6-13/h2-6,9,14H,7-8,10-11H2,1H3. The third-order valence-electron chi connectivity index (χ3n) is 3.63. The van der Waals surface area contributed by atoms with Crippen molar-refractivity contribution in [3.05, 3.63) is 47.8 Å². The predicted octanol–water partition coefficient (Wildman–Crippen LogP) is 2.17.